The van der Waals surface area contributed by atoms with Crippen molar-refractivity contribution in [2.24, 2.45) is 0 Å². The van der Waals surface area contributed by atoms with Gasteiger partial charge in [0.15, 0.2) is 0 Å². The van der Waals surface area contributed by atoms with Crippen molar-refractivity contribution in [1.82, 2.24) is 4.90 Å². The highest BCUT2D eigenvalue weighted by Gasteiger charge is 2.30. The molecule has 0 aromatic carbocycles. The quantitative estimate of drug-likeness (QED) is 0.807. The number of rotatable bonds is 3. The van der Waals surface area contributed by atoms with Crippen molar-refractivity contribution >= 4 is 37.6 Å². The van der Waals surface area contributed by atoms with Gasteiger partial charge in [0, 0.05) is 19.6 Å². The first-order valence-electron chi connectivity index (χ1n) is 5.84. The second-order valence-electron chi connectivity index (χ2n) is 4.51. The van der Waals surface area contributed by atoms with Crippen LogP contribution >= 0.6 is 31.9 Å². The van der Waals surface area contributed by atoms with E-state index in [-0.39, 0.29) is 5.78 Å². The number of carbonyl (C=O) groups is 1. The molecular formula is C12H15Br2NO3. The van der Waals surface area contributed by atoms with Gasteiger partial charge in [0.2, 0.25) is 5.78 Å². The van der Waals surface area contributed by atoms with Crippen molar-refractivity contribution in [3.8, 4) is 0 Å². The minimum atomic E-state index is -1.07. The molecule has 100 valence electrons. The lowest BCUT2D eigenvalue weighted by molar-refractivity contribution is -0.111. The second-order valence-corrected chi connectivity index (χ2v) is 6.22. The van der Waals surface area contributed by atoms with Crippen LogP contribution in [0.1, 0.15) is 6.42 Å². The predicted octanol–water partition coefficient (Wildman–Crippen LogP) is 1.58. The van der Waals surface area contributed by atoms with E-state index in [1.54, 1.807) is 12.2 Å². The van der Waals surface area contributed by atoms with Gasteiger partial charge in [-0.05, 0) is 50.4 Å². The topological polar surface area (TPSA) is 49.8 Å². The van der Waals surface area contributed by atoms with Gasteiger partial charge in [-0.1, -0.05) is 0 Å². The highest BCUT2D eigenvalue weighted by Crippen LogP contribution is 2.31. The molecule has 2 rings (SSSR count). The van der Waals surface area contributed by atoms with Gasteiger partial charge in [0.05, 0.1) is 22.2 Å². The summed E-state index contributed by atoms with van der Waals surface area (Å²) in [6.07, 6.45) is 3.70. The van der Waals surface area contributed by atoms with Crippen LogP contribution in [-0.2, 0) is 9.53 Å². The fourth-order valence-corrected chi connectivity index (χ4v) is 3.52. The largest absolute Gasteiger partial charge is 0.382 e. The number of carbonyl (C=O) groups excluding carboxylic acids is 1. The van der Waals surface area contributed by atoms with E-state index < -0.39 is 5.60 Å². The standard InChI is InChI=1S/C12H15Br2NO3/c13-9-7-12(17,8-10(14)11(9)16)1-2-15-3-5-18-6-4-15/h7-8,17H,1-6H2. The minimum absolute atomic E-state index is 0.133. The Kier molecular flexibility index (Phi) is 4.77. The van der Waals surface area contributed by atoms with Crippen molar-refractivity contribution in [1.29, 1.82) is 0 Å². The summed E-state index contributed by atoms with van der Waals surface area (Å²) in [7, 11) is 0. The van der Waals surface area contributed by atoms with E-state index in [1.165, 1.54) is 0 Å². The number of halogens is 2. The van der Waals surface area contributed by atoms with Crippen LogP contribution < -0.4 is 0 Å². The Morgan fingerprint density at radius 1 is 1.28 bits per heavy atom. The van der Waals surface area contributed by atoms with Gasteiger partial charge < -0.3 is 9.84 Å². The zero-order valence-electron chi connectivity index (χ0n) is 9.86. The molecule has 1 N–H and O–H groups in total. The minimum Gasteiger partial charge on any atom is -0.382 e. The summed E-state index contributed by atoms with van der Waals surface area (Å²) in [5.41, 5.74) is -1.07. The first kappa shape index (κ1) is 14.4. The predicted molar refractivity (Wildman–Crippen MR) is 75.9 cm³/mol. The van der Waals surface area contributed by atoms with Crippen molar-refractivity contribution < 1.29 is 14.6 Å². The maximum absolute atomic E-state index is 11.6. The van der Waals surface area contributed by atoms with E-state index in [0.29, 0.717) is 15.4 Å². The lowest BCUT2D eigenvalue weighted by Gasteiger charge is -2.31. The van der Waals surface area contributed by atoms with E-state index in [0.717, 1.165) is 32.8 Å². The highest BCUT2D eigenvalue weighted by atomic mass is 79.9. The van der Waals surface area contributed by atoms with Crippen molar-refractivity contribution in [2.45, 2.75) is 12.0 Å². The molecule has 1 fully saturated rings. The number of aliphatic hydroxyl groups is 1. The molecule has 1 heterocycles. The zero-order chi connectivity index (χ0) is 13.2. The third-order valence-electron chi connectivity index (χ3n) is 3.12. The fourth-order valence-electron chi connectivity index (χ4n) is 2.03. The Morgan fingerprint density at radius 2 is 1.83 bits per heavy atom. The summed E-state index contributed by atoms with van der Waals surface area (Å²) >= 11 is 6.37. The van der Waals surface area contributed by atoms with Crippen LogP contribution in [0.2, 0.25) is 0 Å². The Hall–Kier alpha value is -0.0100. The fraction of sp³-hybridized carbons (Fsp3) is 0.583. The molecule has 0 aromatic heterocycles. The van der Waals surface area contributed by atoms with Crippen LogP contribution in [0.25, 0.3) is 0 Å². The van der Waals surface area contributed by atoms with Crippen molar-refractivity contribution in [3.05, 3.63) is 21.1 Å². The first-order valence-corrected chi connectivity index (χ1v) is 7.43. The highest BCUT2D eigenvalue weighted by molar-refractivity contribution is 9.13. The first-order chi connectivity index (χ1) is 8.50. The molecule has 2 aliphatic rings. The maximum atomic E-state index is 11.6. The van der Waals surface area contributed by atoms with Gasteiger partial charge in [0.1, 0.15) is 5.60 Å². The van der Waals surface area contributed by atoms with Crippen LogP contribution in [0.5, 0.6) is 0 Å². The Bertz CT molecular complexity index is 378. The molecule has 0 bridgehead atoms. The summed E-state index contributed by atoms with van der Waals surface area (Å²) in [5.74, 6) is -0.133. The number of hydrogen-bond acceptors (Lipinski definition) is 4. The van der Waals surface area contributed by atoms with Gasteiger partial charge in [-0.3, -0.25) is 9.69 Å². The van der Waals surface area contributed by atoms with Crippen LogP contribution in [0.4, 0.5) is 0 Å². The van der Waals surface area contributed by atoms with Crippen LogP contribution in [0.3, 0.4) is 0 Å². The number of hydrogen-bond donors (Lipinski definition) is 1. The van der Waals surface area contributed by atoms with E-state index in [2.05, 4.69) is 36.8 Å². The van der Waals surface area contributed by atoms with Gasteiger partial charge >= 0.3 is 0 Å². The molecule has 1 saturated heterocycles. The smallest absolute Gasteiger partial charge is 0.206 e. The molecule has 0 amide bonds. The summed E-state index contributed by atoms with van der Waals surface area (Å²) in [6.45, 7) is 4.06. The molecule has 6 heteroatoms. The van der Waals surface area contributed by atoms with E-state index >= 15 is 0 Å². The van der Waals surface area contributed by atoms with Crippen molar-refractivity contribution in [3.63, 3.8) is 0 Å². The Morgan fingerprint density at radius 3 is 2.39 bits per heavy atom. The molecule has 0 saturated carbocycles. The molecule has 0 spiro atoms. The normalized spacial score (nSPS) is 24.7. The van der Waals surface area contributed by atoms with Gasteiger partial charge in [0.25, 0.3) is 0 Å². The van der Waals surface area contributed by atoms with Crippen LogP contribution in [0.15, 0.2) is 21.1 Å². The summed E-state index contributed by atoms with van der Waals surface area (Å²) in [6, 6.07) is 0. The van der Waals surface area contributed by atoms with Crippen LogP contribution in [-0.4, -0.2) is 54.2 Å². The average Bonchev–Trinajstić information content (AvgIpc) is 2.35. The number of nitrogens with zero attached hydrogens (tertiary/aromatic N) is 1. The third kappa shape index (κ3) is 3.51. The summed E-state index contributed by atoms with van der Waals surface area (Å²) in [4.78, 5) is 13.8. The molecule has 0 atom stereocenters. The molecule has 1 aliphatic carbocycles. The second kappa shape index (κ2) is 5.96. The zero-order valence-corrected chi connectivity index (χ0v) is 13.0. The molecule has 1 aliphatic heterocycles. The lowest BCUT2D eigenvalue weighted by Crippen LogP contribution is -2.40. The van der Waals surface area contributed by atoms with Gasteiger partial charge in [-0.15, -0.1) is 0 Å². The molecular weight excluding hydrogens is 366 g/mol. The molecule has 0 unspecified atom stereocenters. The third-order valence-corrected chi connectivity index (χ3v) is 4.30. The van der Waals surface area contributed by atoms with E-state index in [9.17, 15) is 9.90 Å². The lowest BCUT2D eigenvalue weighted by atomic mass is 9.93. The monoisotopic (exact) mass is 379 g/mol. The Labute approximate surface area is 123 Å². The number of ketones is 1. The number of ether oxygens (including phenoxy) is 1. The Balaban J connectivity index is 1.97. The summed E-state index contributed by atoms with van der Waals surface area (Å²) < 4.78 is 6.09. The number of morpholine rings is 1. The SMILES string of the molecule is O=C1C(Br)=CC(O)(CCN2CCOCC2)C=C1Br. The van der Waals surface area contributed by atoms with E-state index in [4.69, 9.17) is 4.74 Å². The molecule has 0 aromatic rings. The van der Waals surface area contributed by atoms with Crippen molar-refractivity contribution in [2.75, 3.05) is 32.8 Å². The summed E-state index contributed by atoms with van der Waals surface area (Å²) in [5, 5.41) is 10.4. The van der Waals surface area contributed by atoms with Gasteiger partial charge in [-0.25, -0.2) is 0 Å². The van der Waals surface area contributed by atoms with Crippen LogP contribution in [0, 0.1) is 0 Å². The van der Waals surface area contributed by atoms with Gasteiger partial charge in [-0.2, -0.15) is 0 Å². The maximum Gasteiger partial charge on any atom is 0.206 e. The number of Topliss-reactive ketones (excluding diaryl/α,β-unsaturated/α-hetero) is 1. The average molecular weight is 381 g/mol. The number of allylic oxidation sites excluding steroid dienone is 2. The molecule has 18 heavy (non-hydrogen) atoms. The van der Waals surface area contributed by atoms with E-state index in [1.807, 2.05) is 0 Å². The molecule has 0 radical (unpaired) electrons. The molecule has 4 nitrogen and oxygen atoms in total.